The minimum atomic E-state index is 0. The molecule has 2 unspecified atom stereocenters. The summed E-state index contributed by atoms with van der Waals surface area (Å²) >= 11 is 0. The topological polar surface area (TPSA) is 66.6 Å². The fourth-order valence-electron chi connectivity index (χ4n) is 3.23. The number of nitrogens with two attached hydrogens (primary N) is 1. The highest BCUT2D eigenvalue weighted by Crippen LogP contribution is 2.29. The van der Waals surface area contributed by atoms with Gasteiger partial charge in [0.15, 0.2) is 0 Å². The van der Waals surface area contributed by atoms with Crippen LogP contribution in [0, 0.1) is 5.92 Å². The zero-order chi connectivity index (χ0) is 13.4. The molecule has 3 N–H and O–H groups in total. The molecule has 110 valence electrons. The summed E-state index contributed by atoms with van der Waals surface area (Å²) in [6.07, 6.45) is 3.58. The molecule has 1 aromatic rings. The van der Waals surface area contributed by atoms with E-state index in [1.807, 2.05) is 11.0 Å². The summed E-state index contributed by atoms with van der Waals surface area (Å²) in [7, 11) is 0. The molecule has 1 heterocycles. The van der Waals surface area contributed by atoms with Crippen LogP contribution in [-0.4, -0.2) is 28.5 Å². The molecule has 1 amide bonds. The Morgan fingerprint density at radius 2 is 2.10 bits per heavy atom. The van der Waals surface area contributed by atoms with Gasteiger partial charge in [0.2, 0.25) is 5.91 Å². The van der Waals surface area contributed by atoms with Gasteiger partial charge in [0.05, 0.1) is 0 Å². The lowest BCUT2D eigenvalue weighted by Gasteiger charge is -2.31. The second-order valence-corrected chi connectivity index (χ2v) is 5.73. The van der Waals surface area contributed by atoms with E-state index in [2.05, 4.69) is 0 Å². The molecule has 0 radical (unpaired) electrons. The molecule has 3 rings (SSSR count). The maximum atomic E-state index is 12.4. The van der Waals surface area contributed by atoms with Gasteiger partial charge in [-0.3, -0.25) is 4.79 Å². The van der Waals surface area contributed by atoms with E-state index in [-0.39, 0.29) is 36.0 Å². The predicted molar refractivity (Wildman–Crippen MR) is 79.8 cm³/mol. The van der Waals surface area contributed by atoms with Crippen LogP contribution in [0.1, 0.15) is 30.4 Å². The number of nitrogens with zero attached hydrogens (tertiary/aromatic N) is 1. The minimum Gasteiger partial charge on any atom is -0.508 e. The van der Waals surface area contributed by atoms with E-state index in [1.54, 1.807) is 12.1 Å². The van der Waals surface area contributed by atoms with E-state index >= 15 is 0 Å². The SMILES string of the molecule is Cl.NC1CCC(C(=O)N2CCc3ccc(O)cc3C2)C1. The van der Waals surface area contributed by atoms with Gasteiger partial charge in [0.1, 0.15) is 5.75 Å². The lowest BCUT2D eigenvalue weighted by atomic mass is 9.97. The zero-order valence-corrected chi connectivity index (χ0v) is 12.2. The highest BCUT2D eigenvalue weighted by atomic mass is 35.5. The van der Waals surface area contributed by atoms with Crippen molar-refractivity contribution in [3.05, 3.63) is 29.3 Å². The smallest absolute Gasteiger partial charge is 0.226 e. The number of aromatic hydroxyl groups is 1. The van der Waals surface area contributed by atoms with Gasteiger partial charge in [0, 0.05) is 25.0 Å². The molecule has 1 saturated carbocycles. The highest BCUT2D eigenvalue weighted by Gasteiger charge is 2.32. The number of benzene rings is 1. The van der Waals surface area contributed by atoms with Crippen molar-refractivity contribution in [2.45, 2.75) is 38.3 Å². The molecule has 2 atom stereocenters. The van der Waals surface area contributed by atoms with E-state index in [9.17, 15) is 9.90 Å². The van der Waals surface area contributed by atoms with Gasteiger partial charge < -0.3 is 15.7 Å². The molecule has 0 bridgehead atoms. The van der Waals surface area contributed by atoms with Gasteiger partial charge in [-0.25, -0.2) is 0 Å². The third-order valence-electron chi connectivity index (χ3n) is 4.34. The monoisotopic (exact) mass is 296 g/mol. The summed E-state index contributed by atoms with van der Waals surface area (Å²) < 4.78 is 0. The second-order valence-electron chi connectivity index (χ2n) is 5.73. The van der Waals surface area contributed by atoms with Crippen LogP contribution in [0.3, 0.4) is 0 Å². The van der Waals surface area contributed by atoms with Crippen molar-refractivity contribution in [1.29, 1.82) is 0 Å². The summed E-state index contributed by atoms with van der Waals surface area (Å²) in [5.41, 5.74) is 8.20. The average Bonchev–Trinajstić information content (AvgIpc) is 2.83. The number of rotatable bonds is 1. The molecular formula is C15H21ClN2O2. The van der Waals surface area contributed by atoms with Crippen molar-refractivity contribution in [2.75, 3.05) is 6.54 Å². The van der Waals surface area contributed by atoms with E-state index in [0.717, 1.165) is 37.8 Å². The van der Waals surface area contributed by atoms with Crippen LogP contribution < -0.4 is 5.73 Å². The van der Waals surface area contributed by atoms with Crippen molar-refractivity contribution < 1.29 is 9.90 Å². The van der Waals surface area contributed by atoms with E-state index in [1.165, 1.54) is 5.56 Å². The number of halogens is 1. The summed E-state index contributed by atoms with van der Waals surface area (Å²) in [5, 5.41) is 9.54. The molecular weight excluding hydrogens is 276 g/mol. The third kappa shape index (κ3) is 2.91. The Morgan fingerprint density at radius 3 is 2.80 bits per heavy atom. The van der Waals surface area contributed by atoms with Gasteiger partial charge in [-0.1, -0.05) is 6.07 Å². The van der Waals surface area contributed by atoms with Crippen molar-refractivity contribution >= 4 is 18.3 Å². The predicted octanol–water partition coefficient (Wildman–Crippen LogP) is 1.83. The molecule has 1 fully saturated rings. The first-order valence-corrected chi connectivity index (χ1v) is 6.98. The van der Waals surface area contributed by atoms with Gasteiger partial charge in [-0.15, -0.1) is 12.4 Å². The molecule has 1 aliphatic heterocycles. The Hall–Kier alpha value is -1.26. The number of phenolic OH excluding ortho intramolecular Hbond substituents is 1. The summed E-state index contributed by atoms with van der Waals surface area (Å²) in [6, 6.07) is 5.63. The Labute approximate surface area is 125 Å². The molecule has 4 nitrogen and oxygen atoms in total. The molecule has 1 aromatic carbocycles. The second kappa shape index (κ2) is 6.02. The van der Waals surface area contributed by atoms with E-state index < -0.39 is 0 Å². The summed E-state index contributed by atoms with van der Waals surface area (Å²) in [4.78, 5) is 14.4. The molecule has 0 aromatic heterocycles. The lowest BCUT2D eigenvalue weighted by Crippen LogP contribution is -2.39. The standard InChI is InChI=1S/C15H20N2O2.ClH/c16-13-3-1-11(7-13)15(19)17-6-5-10-2-4-14(18)8-12(10)9-17;/h2,4,8,11,13,18H,1,3,5-7,9,16H2;1H. The Balaban J connectivity index is 0.00000147. The maximum absolute atomic E-state index is 12.4. The van der Waals surface area contributed by atoms with Crippen LogP contribution in [-0.2, 0) is 17.8 Å². The number of amides is 1. The van der Waals surface area contributed by atoms with Crippen LogP contribution in [0.5, 0.6) is 5.75 Å². The average molecular weight is 297 g/mol. The number of hydrogen-bond donors (Lipinski definition) is 2. The third-order valence-corrected chi connectivity index (χ3v) is 4.34. The summed E-state index contributed by atoms with van der Waals surface area (Å²) in [6.45, 7) is 1.40. The van der Waals surface area contributed by atoms with Crippen LogP contribution >= 0.6 is 12.4 Å². The van der Waals surface area contributed by atoms with Crippen LogP contribution in [0.4, 0.5) is 0 Å². The van der Waals surface area contributed by atoms with E-state index in [4.69, 9.17) is 5.73 Å². The van der Waals surface area contributed by atoms with Crippen LogP contribution in [0.2, 0.25) is 0 Å². The van der Waals surface area contributed by atoms with Crippen molar-refractivity contribution in [3.63, 3.8) is 0 Å². The van der Waals surface area contributed by atoms with Gasteiger partial charge >= 0.3 is 0 Å². The first kappa shape index (κ1) is 15.1. The van der Waals surface area contributed by atoms with Crippen LogP contribution in [0.25, 0.3) is 0 Å². The fraction of sp³-hybridized carbons (Fsp3) is 0.533. The number of phenols is 1. The molecule has 5 heteroatoms. The number of hydrogen-bond acceptors (Lipinski definition) is 3. The van der Waals surface area contributed by atoms with Crippen molar-refractivity contribution in [3.8, 4) is 5.75 Å². The number of fused-ring (bicyclic) bond motifs is 1. The van der Waals surface area contributed by atoms with Crippen LogP contribution in [0.15, 0.2) is 18.2 Å². The van der Waals surface area contributed by atoms with Gasteiger partial charge in [-0.2, -0.15) is 0 Å². The van der Waals surface area contributed by atoms with Crippen molar-refractivity contribution in [2.24, 2.45) is 11.7 Å². The van der Waals surface area contributed by atoms with Gasteiger partial charge in [-0.05, 0) is 48.9 Å². The number of carbonyl (C=O) groups excluding carboxylic acids is 1. The fourth-order valence-corrected chi connectivity index (χ4v) is 3.23. The quantitative estimate of drug-likeness (QED) is 0.831. The highest BCUT2D eigenvalue weighted by molar-refractivity contribution is 5.85. The Bertz CT molecular complexity index is 507. The molecule has 0 spiro atoms. The van der Waals surface area contributed by atoms with Gasteiger partial charge in [0.25, 0.3) is 0 Å². The van der Waals surface area contributed by atoms with Crippen molar-refractivity contribution in [1.82, 2.24) is 4.90 Å². The molecule has 20 heavy (non-hydrogen) atoms. The molecule has 2 aliphatic rings. The lowest BCUT2D eigenvalue weighted by molar-refractivity contribution is -0.136. The van der Waals surface area contributed by atoms with E-state index in [0.29, 0.717) is 6.54 Å². The summed E-state index contributed by atoms with van der Waals surface area (Å²) in [5.74, 6) is 0.617. The number of carbonyl (C=O) groups is 1. The minimum absolute atomic E-state index is 0. The Morgan fingerprint density at radius 1 is 1.30 bits per heavy atom. The normalized spacial score (nSPS) is 24.9. The first-order chi connectivity index (χ1) is 9.13. The molecule has 0 saturated heterocycles. The molecule has 1 aliphatic carbocycles. The largest absolute Gasteiger partial charge is 0.508 e. The zero-order valence-electron chi connectivity index (χ0n) is 11.4. The maximum Gasteiger partial charge on any atom is 0.226 e. The Kier molecular flexibility index (Phi) is 4.55. The first-order valence-electron chi connectivity index (χ1n) is 6.98.